The van der Waals surface area contributed by atoms with E-state index in [4.69, 9.17) is 9.73 Å². The van der Waals surface area contributed by atoms with Crippen molar-refractivity contribution in [2.45, 2.75) is 33.2 Å². The molecule has 1 aromatic carbocycles. The van der Waals surface area contributed by atoms with E-state index in [0.717, 1.165) is 47.9 Å². The predicted octanol–water partition coefficient (Wildman–Crippen LogP) is 3.11. The molecule has 128 valence electrons. The van der Waals surface area contributed by atoms with Gasteiger partial charge in [0.1, 0.15) is 12.3 Å². The van der Waals surface area contributed by atoms with E-state index < -0.39 is 0 Å². The smallest absolute Gasteiger partial charge is 0.242 e. The zero-order chi connectivity index (χ0) is 16.9. The second-order valence-electron chi connectivity index (χ2n) is 5.87. The van der Waals surface area contributed by atoms with Crippen LogP contribution in [0, 0.1) is 6.92 Å². The lowest BCUT2D eigenvalue weighted by Gasteiger charge is -2.16. The number of hydrogen-bond acceptors (Lipinski definition) is 4. The van der Waals surface area contributed by atoms with Crippen LogP contribution in [-0.2, 0) is 11.3 Å². The van der Waals surface area contributed by atoms with Gasteiger partial charge in [0, 0.05) is 24.2 Å². The van der Waals surface area contributed by atoms with E-state index in [-0.39, 0.29) is 5.91 Å². The van der Waals surface area contributed by atoms with Gasteiger partial charge in [-0.2, -0.15) is 0 Å². The molecule has 1 fully saturated rings. The second-order valence-corrected chi connectivity index (χ2v) is 6.71. The van der Waals surface area contributed by atoms with Crippen LogP contribution in [0.1, 0.15) is 25.5 Å². The number of hydrogen-bond donors (Lipinski definition) is 0. The van der Waals surface area contributed by atoms with Gasteiger partial charge in [0.15, 0.2) is 4.80 Å². The van der Waals surface area contributed by atoms with E-state index in [1.807, 2.05) is 53.0 Å². The lowest BCUT2D eigenvalue weighted by molar-refractivity contribution is -0.130. The normalized spacial score (nSPS) is 15.1. The first-order valence-electron chi connectivity index (χ1n) is 8.37. The average Bonchev–Trinajstić information content (AvgIpc) is 3.22. The fraction of sp³-hybridized carbons (Fsp3) is 0.444. The number of nitrogens with zero attached hydrogens (tertiary/aromatic N) is 3. The summed E-state index contributed by atoms with van der Waals surface area (Å²) in [5, 5.41) is 2.05. The fourth-order valence-corrected chi connectivity index (χ4v) is 3.69. The molecule has 1 aromatic heterocycles. The van der Waals surface area contributed by atoms with E-state index in [1.54, 1.807) is 11.3 Å². The minimum absolute atomic E-state index is 0.183. The number of thiazole rings is 1. The van der Waals surface area contributed by atoms with E-state index in [0.29, 0.717) is 13.2 Å². The summed E-state index contributed by atoms with van der Waals surface area (Å²) >= 11 is 1.56. The fourth-order valence-electron chi connectivity index (χ4n) is 2.79. The summed E-state index contributed by atoms with van der Waals surface area (Å²) in [5.41, 5.74) is 1.93. The second kappa shape index (κ2) is 7.66. The van der Waals surface area contributed by atoms with Gasteiger partial charge >= 0.3 is 0 Å². The Bertz CT molecular complexity index is 755. The Morgan fingerprint density at radius 1 is 1.25 bits per heavy atom. The molecule has 5 nitrogen and oxygen atoms in total. The van der Waals surface area contributed by atoms with Crippen molar-refractivity contribution in [1.82, 2.24) is 9.47 Å². The number of benzene rings is 1. The van der Waals surface area contributed by atoms with Gasteiger partial charge in [0.05, 0.1) is 12.3 Å². The maximum atomic E-state index is 12.4. The van der Waals surface area contributed by atoms with Gasteiger partial charge in [-0.15, -0.1) is 11.3 Å². The van der Waals surface area contributed by atoms with Gasteiger partial charge in [0.2, 0.25) is 5.91 Å². The van der Waals surface area contributed by atoms with Crippen molar-refractivity contribution in [3.63, 3.8) is 0 Å². The van der Waals surface area contributed by atoms with E-state index >= 15 is 0 Å². The Hall–Kier alpha value is -2.08. The first-order chi connectivity index (χ1) is 11.7. The molecule has 24 heavy (non-hydrogen) atoms. The quantitative estimate of drug-likeness (QED) is 0.836. The van der Waals surface area contributed by atoms with E-state index in [1.165, 1.54) is 0 Å². The van der Waals surface area contributed by atoms with Crippen molar-refractivity contribution in [2.24, 2.45) is 4.99 Å². The maximum Gasteiger partial charge on any atom is 0.242 e. The highest BCUT2D eigenvalue weighted by Crippen LogP contribution is 2.18. The van der Waals surface area contributed by atoms with Crippen molar-refractivity contribution in [3.8, 4) is 5.75 Å². The summed E-state index contributed by atoms with van der Waals surface area (Å²) in [7, 11) is 0. The number of carbonyl (C=O) groups is 1. The van der Waals surface area contributed by atoms with E-state index in [9.17, 15) is 4.79 Å². The molecule has 1 aliphatic heterocycles. The van der Waals surface area contributed by atoms with Crippen molar-refractivity contribution in [2.75, 3.05) is 19.7 Å². The van der Waals surface area contributed by atoms with Crippen molar-refractivity contribution >= 4 is 22.9 Å². The first kappa shape index (κ1) is 16.8. The monoisotopic (exact) mass is 345 g/mol. The highest BCUT2D eigenvalue weighted by atomic mass is 32.1. The third-order valence-corrected chi connectivity index (χ3v) is 5.10. The topological polar surface area (TPSA) is 46.8 Å². The molecule has 0 radical (unpaired) electrons. The molecule has 2 heterocycles. The van der Waals surface area contributed by atoms with Gasteiger partial charge in [-0.3, -0.25) is 4.79 Å². The molecule has 6 heteroatoms. The largest absolute Gasteiger partial charge is 0.494 e. The zero-order valence-electron chi connectivity index (χ0n) is 14.2. The molecule has 0 unspecified atom stereocenters. The molecule has 1 amide bonds. The minimum atomic E-state index is 0.183. The Balaban J connectivity index is 1.81. The summed E-state index contributed by atoms with van der Waals surface area (Å²) < 4.78 is 7.46. The molecule has 0 atom stereocenters. The summed E-state index contributed by atoms with van der Waals surface area (Å²) in [6.07, 6.45) is 2.23. The Kier molecular flexibility index (Phi) is 5.35. The van der Waals surface area contributed by atoms with Crippen molar-refractivity contribution in [1.29, 1.82) is 0 Å². The SMILES string of the molecule is CCOc1ccc(N=c2scc(C)n2CC(=O)N2CCCC2)cc1. The van der Waals surface area contributed by atoms with Crippen LogP contribution in [0.5, 0.6) is 5.75 Å². The molecule has 0 N–H and O–H groups in total. The number of aryl methyl sites for hydroxylation is 1. The number of amides is 1. The molecule has 2 aromatic rings. The zero-order valence-corrected chi connectivity index (χ0v) is 15.0. The van der Waals surface area contributed by atoms with Crippen LogP contribution in [0.2, 0.25) is 0 Å². The van der Waals surface area contributed by atoms with Crippen LogP contribution < -0.4 is 9.54 Å². The Labute approximate surface area is 146 Å². The summed E-state index contributed by atoms with van der Waals surface area (Å²) in [6, 6.07) is 7.71. The first-order valence-corrected chi connectivity index (χ1v) is 9.25. The molecular weight excluding hydrogens is 322 g/mol. The standard InChI is InChI=1S/C18H23N3O2S/c1-3-23-16-8-6-15(7-9-16)19-18-21(14(2)13-24-18)12-17(22)20-10-4-5-11-20/h6-9,13H,3-5,10-12H2,1-2H3. The molecule has 0 bridgehead atoms. The average molecular weight is 345 g/mol. The molecule has 0 spiro atoms. The Morgan fingerprint density at radius 3 is 2.62 bits per heavy atom. The van der Waals surface area contributed by atoms with Crippen LogP contribution >= 0.6 is 11.3 Å². The summed E-state index contributed by atoms with van der Waals surface area (Å²) in [6.45, 7) is 6.77. The third-order valence-electron chi connectivity index (χ3n) is 4.12. The minimum Gasteiger partial charge on any atom is -0.494 e. The number of ether oxygens (including phenoxy) is 1. The van der Waals surface area contributed by atoms with E-state index in [2.05, 4.69) is 0 Å². The van der Waals surface area contributed by atoms with Crippen LogP contribution in [-0.4, -0.2) is 35.1 Å². The number of rotatable bonds is 5. The van der Waals surface area contributed by atoms with Gasteiger partial charge in [-0.25, -0.2) is 4.99 Å². The van der Waals surface area contributed by atoms with Crippen LogP contribution in [0.15, 0.2) is 34.6 Å². The van der Waals surface area contributed by atoms with Gasteiger partial charge < -0.3 is 14.2 Å². The van der Waals surface area contributed by atoms with Gasteiger partial charge in [-0.05, 0) is 51.0 Å². The number of aromatic nitrogens is 1. The highest BCUT2D eigenvalue weighted by Gasteiger charge is 2.19. The molecule has 1 saturated heterocycles. The Morgan fingerprint density at radius 2 is 1.96 bits per heavy atom. The highest BCUT2D eigenvalue weighted by molar-refractivity contribution is 7.07. The predicted molar refractivity (Wildman–Crippen MR) is 95.7 cm³/mol. The van der Waals surface area contributed by atoms with Crippen LogP contribution in [0.4, 0.5) is 5.69 Å². The van der Waals surface area contributed by atoms with Gasteiger partial charge in [0.25, 0.3) is 0 Å². The molecule has 0 aliphatic carbocycles. The third kappa shape index (κ3) is 3.87. The van der Waals surface area contributed by atoms with Crippen molar-refractivity contribution in [3.05, 3.63) is 40.1 Å². The van der Waals surface area contributed by atoms with Gasteiger partial charge in [-0.1, -0.05) is 0 Å². The number of likely N-dealkylation sites (tertiary alicyclic amines) is 1. The molecule has 1 aliphatic rings. The number of carbonyl (C=O) groups excluding carboxylic acids is 1. The van der Waals surface area contributed by atoms with Crippen molar-refractivity contribution < 1.29 is 9.53 Å². The molecular formula is C18H23N3O2S. The summed E-state index contributed by atoms with van der Waals surface area (Å²) in [5.74, 6) is 1.03. The van der Waals surface area contributed by atoms with Crippen LogP contribution in [0.3, 0.4) is 0 Å². The summed E-state index contributed by atoms with van der Waals surface area (Å²) in [4.78, 5) is 19.9. The molecule has 0 saturated carbocycles. The maximum absolute atomic E-state index is 12.4. The lowest BCUT2D eigenvalue weighted by atomic mass is 10.3. The lowest BCUT2D eigenvalue weighted by Crippen LogP contribution is -2.33. The van der Waals surface area contributed by atoms with Crippen LogP contribution in [0.25, 0.3) is 0 Å². The molecule has 3 rings (SSSR count).